The van der Waals surface area contributed by atoms with E-state index in [0.717, 1.165) is 74.3 Å². The molecule has 1 aromatic heterocycles. The Morgan fingerprint density at radius 3 is 2.33 bits per heavy atom. The molecule has 0 spiro atoms. The van der Waals surface area contributed by atoms with Crippen LogP contribution in [0.2, 0.25) is 12.6 Å². The van der Waals surface area contributed by atoms with Gasteiger partial charge in [0.15, 0.2) is 5.71 Å². The van der Waals surface area contributed by atoms with E-state index in [1.54, 1.807) is 37.8 Å². The van der Waals surface area contributed by atoms with Crippen LogP contribution in [0.5, 0.6) is 0 Å². The van der Waals surface area contributed by atoms with Gasteiger partial charge in [0.05, 0.1) is 23.9 Å². The number of alkyl carbamates (subject to hydrolysis) is 1. The van der Waals surface area contributed by atoms with Gasteiger partial charge in [0.2, 0.25) is 5.91 Å². The quantitative estimate of drug-likeness (QED) is 0.121. The number of carboxylic acids is 1. The van der Waals surface area contributed by atoms with Crippen LogP contribution in [0.1, 0.15) is 60.7 Å². The molecule has 0 saturated carbocycles. The fourth-order valence-corrected chi connectivity index (χ4v) is 13.4. The third-order valence-corrected chi connectivity index (χ3v) is 16.9. The van der Waals surface area contributed by atoms with Crippen LogP contribution in [0, 0.1) is 0 Å². The van der Waals surface area contributed by atoms with Crippen LogP contribution in [0.3, 0.4) is 0 Å². The van der Waals surface area contributed by atoms with Gasteiger partial charge in [0, 0.05) is 68.1 Å². The minimum absolute atomic E-state index is 0.0786. The lowest BCUT2D eigenvalue weighted by Gasteiger charge is -2.41. The van der Waals surface area contributed by atoms with Gasteiger partial charge in [0.25, 0.3) is 0 Å². The first-order valence-electron chi connectivity index (χ1n) is 21.8. The highest BCUT2D eigenvalue weighted by atomic mass is 28.3. The van der Waals surface area contributed by atoms with Gasteiger partial charge < -0.3 is 29.8 Å². The SMILES string of the molecule is CN(C)c1ccc2c(c1)[Si@](C)(CCCn1nnc3c1-c1ccccc1N(C(=O)CCNC(=O)OC(C)(C)C)Cc1ccccc1-3)C1=CC(=[N+](C)C)C=CC1=C2c1ccccc1C(=O)[O-]. The molecule has 0 unspecified atom stereocenters. The fourth-order valence-electron chi connectivity index (χ4n) is 9.20. The topological polar surface area (TPSA) is 136 Å². The molecular weight excluding hydrogens is 819 g/mol. The molecule has 328 valence electrons. The highest BCUT2D eigenvalue weighted by Crippen LogP contribution is 2.45. The molecule has 0 radical (unpaired) electrons. The third-order valence-electron chi connectivity index (χ3n) is 12.3. The number of amides is 2. The molecule has 4 aromatic carbocycles. The molecule has 13 heteroatoms. The summed E-state index contributed by atoms with van der Waals surface area (Å²) in [5.41, 5.74) is 10.3. The molecule has 3 aliphatic rings. The number of carbonyl (C=O) groups excluding carboxylic acids is 3. The van der Waals surface area contributed by atoms with Crippen molar-refractivity contribution in [2.75, 3.05) is 44.5 Å². The number of benzene rings is 4. The van der Waals surface area contributed by atoms with Crippen molar-refractivity contribution >= 4 is 53.9 Å². The normalized spacial score (nSPS) is 16.3. The summed E-state index contributed by atoms with van der Waals surface area (Å²) in [5, 5.41) is 27.5. The number of hydrogen-bond donors (Lipinski definition) is 1. The number of rotatable bonds is 10. The molecule has 12 nitrogen and oxygen atoms in total. The molecule has 1 N–H and O–H groups in total. The van der Waals surface area contributed by atoms with E-state index in [-0.39, 0.29) is 24.4 Å². The highest BCUT2D eigenvalue weighted by molar-refractivity contribution is 6.99. The van der Waals surface area contributed by atoms with E-state index < -0.39 is 25.7 Å². The van der Waals surface area contributed by atoms with Gasteiger partial charge in [-0.3, -0.25) is 4.79 Å². The monoisotopic (exact) mass is 873 g/mol. The van der Waals surface area contributed by atoms with Crippen LogP contribution < -0.4 is 25.4 Å². The van der Waals surface area contributed by atoms with Crippen molar-refractivity contribution in [2.24, 2.45) is 0 Å². The van der Waals surface area contributed by atoms with Crippen LogP contribution in [-0.4, -0.2) is 91.7 Å². The zero-order valence-corrected chi connectivity index (χ0v) is 38.9. The molecule has 5 aromatic rings. The minimum atomic E-state index is -2.62. The third kappa shape index (κ3) is 8.35. The van der Waals surface area contributed by atoms with Crippen LogP contribution in [0.25, 0.3) is 28.1 Å². The van der Waals surface area contributed by atoms with Gasteiger partial charge in [-0.05, 0) is 95.7 Å². The Morgan fingerprint density at radius 1 is 0.906 bits per heavy atom. The summed E-state index contributed by atoms with van der Waals surface area (Å²) < 4.78 is 9.51. The summed E-state index contributed by atoms with van der Waals surface area (Å²) in [6, 6.07) is 30.5. The van der Waals surface area contributed by atoms with Gasteiger partial charge in [-0.25, -0.2) is 14.1 Å². The molecule has 0 fully saturated rings. The van der Waals surface area contributed by atoms with Crippen molar-refractivity contribution in [1.82, 2.24) is 20.3 Å². The molecule has 64 heavy (non-hydrogen) atoms. The largest absolute Gasteiger partial charge is 0.545 e. The number of aromatic nitrogens is 3. The molecular formula is C51H55N7O5Si. The molecule has 2 aliphatic heterocycles. The number of hydrogen-bond acceptors (Lipinski definition) is 8. The number of carboxylic acid groups (broad SMARTS) is 1. The second-order valence-corrected chi connectivity index (χ2v) is 22.5. The van der Waals surface area contributed by atoms with Crippen molar-refractivity contribution in [3.8, 4) is 22.5 Å². The van der Waals surface area contributed by atoms with Gasteiger partial charge >= 0.3 is 6.09 Å². The summed E-state index contributed by atoms with van der Waals surface area (Å²) in [6.45, 7) is 8.85. The Hall–Kier alpha value is -6.86. The Labute approximate surface area is 375 Å². The van der Waals surface area contributed by atoms with Crippen LogP contribution in [0.4, 0.5) is 16.2 Å². The van der Waals surface area contributed by atoms with Crippen molar-refractivity contribution in [3.05, 3.63) is 142 Å². The average Bonchev–Trinajstić information content (AvgIpc) is 3.67. The zero-order chi connectivity index (χ0) is 45.5. The predicted molar refractivity (Wildman–Crippen MR) is 254 cm³/mol. The number of ether oxygens (including phenoxy) is 1. The first kappa shape index (κ1) is 43.8. The van der Waals surface area contributed by atoms with Crippen LogP contribution in [0.15, 0.2) is 120 Å². The summed E-state index contributed by atoms with van der Waals surface area (Å²) in [5.74, 6) is -1.34. The van der Waals surface area contributed by atoms with E-state index in [4.69, 9.17) is 15.0 Å². The number of nitrogens with zero attached hydrogens (tertiary/aromatic N) is 6. The lowest BCUT2D eigenvalue weighted by Crippen LogP contribution is -2.52. The number of fused-ring (bicyclic) bond motifs is 7. The fraction of sp³-hybridized carbons (Fsp3) is 0.294. The maximum atomic E-state index is 14.2. The smallest absolute Gasteiger partial charge is 0.407 e. The Bertz CT molecular complexity index is 2820. The van der Waals surface area contributed by atoms with E-state index in [9.17, 15) is 19.5 Å². The number of aromatic carboxylic acids is 1. The average molecular weight is 874 g/mol. The van der Waals surface area contributed by atoms with E-state index in [0.29, 0.717) is 18.7 Å². The van der Waals surface area contributed by atoms with Gasteiger partial charge in [-0.15, -0.1) is 5.10 Å². The summed E-state index contributed by atoms with van der Waals surface area (Å²) in [4.78, 5) is 43.2. The molecule has 0 saturated heterocycles. The zero-order valence-electron chi connectivity index (χ0n) is 37.9. The van der Waals surface area contributed by atoms with Crippen LogP contribution in [-0.2, 0) is 22.6 Å². The molecule has 2 amide bonds. The number of para-hydroxylation sites is 1. The second-order valence-electron chi connectivity index (χ2n) is 18.2. The number of allylic oxidation sites excluding steroid dienone is 5. The van der Waals surface area contributed by atoms with Gasteiger partial charge in [-0.1, -0.05) is 84.6 Å². The summed E-state index contributed by atoms with van der Waals surface area (Å²) in [6.07, 6.45) is 6.87. The van der Waals surface area contributed by atoms with Crippen molar-refractivity contribution in [1.29, 1.82) is 0 Å². The van der Waals surface area contributed by atoms with Gasteiger partial charge in [0.1, 0.15) is 33.5 Å². The first-order valence-corrected chi connectivity index (χ1v) is 24.5. The summed E-state index contributed by atoms with van der Waals surface area (Å²) >= 11 is 0. The van der Waals surface area contributed by atoms with E-state index in [1.165, 1.54) is 10.4 Å². The Balaban J connectivity index is 1.18. The van der Waals surface area contributed by atoms with E-state index >= 15 is 0 Å². The van der Waals surface area contributed by atoms with E-state index in [2.05, 4.69) is 57.8 Å². The number of anilines is 2. The standard InChI is InChI=1S/C51H55N7O5Si/c1-51(2,3)63-50(62)52-27-26-45(59)57-32-33-16-9-10-17-36(33)47-48(39-20-13-14-21-42(39)57)58(54-53-47)28-15-29-64(8)43-30-34(55(4)5)22-24-40(43)46(37-18-11-12-19-38(37)49(60)61)41-25-23-35(56(6)7)31-44(41)64/h9-14,16-25,30-31H,15,26-29,32H2,1-8H3,(H-,52,60,61,62). The number of aryl methyl sites for hydroxylation is 1. The van der Waals surface area contributed by atoms with E-state index in [1.807, 2.05) is 93.5 Å². The first-order chi connectivity index (χ1) is 30.6. The van der Waals surface area contributed by atoms with Crippen LogP contribution >= 0.6 is 0 Å². The molecule has 0 bridgehead atoms. The van der Waals surface area contributed by atoms with Crippen molar-refractivity contribution in [3.63, 3.8) is 0 Å². The maximum absolute atomic E-state index is 14.2. The number of nitrogens with one attached hydrogen (secondary N) is 1. The van der Waals surface area contributed by atoms with Crippen molar-refractivity contribution < 1.29 is 28.8 Å². The lowest BCUT2D eigenvalue weighted by atomic mass is 9.87. The predicted octanol–water partition coefficient (Wildman–Crippen LogP) is 6.74. The maximum Gasteiger partial charge on any atom is 0.407 e. The molecule has 1 aliphatic carbocycles. The number of carbonyl (C=O) groups is 3. The Morgan fingerprint density at radius 2 is 1.61 bits per heavy atom. The van der Waals surface area contributed by atoms with Gasteiger partial charge in [-0.2, -0.15) is 0 Å². The highest BCUT2D eigenvalue weighted by Gasteiger charge is 2.44. The molecule has 1 atom stereocenters. The molecule has 8 rings (SSSR count). The van der Waals surface area contributed by atoms with Crippen molar-refractivity contribution in [2.45, 2.75) is 64.9 Å². The Kier molecular flexibility index (Phi) is 11.9. The second kappa shape index (κ2) is 17.4. The summed E-state index contributed by atoms with van der Waals surface area (Å²) in [7, 11) is 5.56. The molecule has 3 heterocycles. The minimum Gasteiger partial charge on any atom is -0.545 e. The lowest BCUT2D eigenvalue weighted by molar-refractivity contribution is -0.462.